The van der Waals surface area contributed by atoms with E-state index >= 15 is 0 Å². The van der Waals surface area contributed by atoms with Gasteiger partial charge in [0.15, 0.2) is 0 Å². The van der Waals surface area contributed by atoms with Gasteiger partial charge in [-0.2, -0.15) is 0 Å². The van der Waals surface area contributed by atoms with Gasteiger partial charge in [-0.3, -0.25) is 4.79 Å². The number of hydrogen-bond acceptors (Lipinski definition) is 6. The number of nitrogens with one attached hydrogen (secondary N) is 1. The highest BCUT2D eigenvalue weighted by Crippen LogP contribution is 2.38. The van der Waals surface area contributed by atoms with E-state index in [9.17, 15) is 9.59 Å². The molecule has 1 atom stereocenters. The largest absolute Gasteiger partial charge is 0.444 e. The maximum Gasteiger partial charge on any atom is 0.408 e. The summed E-state index contributed by atoms with van der Waals surface area (Å²) in [7, 11) is 1.54. The minimum Gasteiger partial charge on any atom is -0.444 e. The maximum atomic E-state index is 13.2. The van der Waals surface area contributed by atoms with Crippen LogP contribution in [0.2, 0.25) is 0 Å². The van der Waals surface area contributed by atoms with Crippen LogP contribution < -0.4 is 5.32 Å². The second-order valence-corrected chi connectivity index (χ2v) is 9.70. The van der Waals surface area contributed by atoms with Crippen molar-refractivity contribution >= 4 is 35.4 Å². The van der Waals surface area contributed by atoms with Crippen LogP contribution in [0.3, 0.4) is 0 Å². The number of rotatable bonds is 8. The molecule has 0 aromatic carbocycles. The summed E-state index contributed by atoms with van der Waals surface area (Å²) < 4.78 is 9.89. The highest BCUT2D eigenvalue weighted by molar-refractivity contribution is 8.18. The minimum absolute atomic E-state index is 0.105. The molecule has 1 fully saturated rings. The molecule has 25 heavy (non-hydrogen) atoms. The number of amides is 1. The summed E-state index contributed by atoms with van der Waals surface area (Å²) in [4.78, 5) is 25.5. The van der Waals surface area contributed by atoms with Crippen LogP contribution >= 0.6 is 23.5 Å². The van der Waals surface area contributed by atoms with Gasteiger partial charge in [-0.25, -0.2) is 4.79 Å². The molecule has 1 rings (SSSR count). The number of hydrogen-bond donors (Lipinski definition) is 1. The van der Waals surface area contributed by atoms with E-state index in [1.54, 1.807) is 0 Å². The van der Waals surface area contributed by atoms with Crippen molar-refractivity contribution in [2.24, 2.45) is 5.92 Å². The topological polar surface area (TPSA) is 64.6 Å². The van der Waals surface area contributed by atoms with Crippen molar-refractivity contribution in [3.63, 3.8) is 0 Å². The lowest BCUT2D eigenvalue weighted by Gasteiger charge is -2.33. The van der Waals surface area contributed by atoms with Gasteiger partial charge in [0.05, 0.1) is 6.04 Å². The molecule has 0 spiro atoms. The Morgan fingerprint density at radius 1 is 1.12 bits per heavy atom. The van der Waals surface area contributed by atoms with Gasteiger partial charge < -0.3 is 14.8 Å². The Hall–Kier alpha value is -0.400. The smallest absolute Gasteiger partial charge is 0.408 e. The van der Waals surface area contributed by atoms with Gasteiger partial charge in [0.1, 0.15) is 5.60 Å². The third-order valence-electron chi connectivity index (χ3n) is 4.41. The Morgan fingerprint density at radius 2 is 1.68 bits per heavy atom. The summed E-state index contributed by atoms with van der Waals surface area (Å²) in [6, 6.07) is -0.599. The monoisotopic (exact) mass is 391 g/mol. The second kappa shape index (κ2) is 10.1. The van der Waals surface area contributed by atoms with E-state index in [1.165, 1.54) is 49.9 Å². The molecule has 1 saturated carbocycles. The second-order valence-electron chi connectivity index (χ2n) is 7.47. The summed E-state index contributed by atoms with van der Waals surface area (Å²) in [6.45, 7) is 5.44. The maximum absolute atomic E-state index is 13.2. The molecular formula is C18H33NO4S2. The predicted octanol–water partition coefficient (Wildman–Crippen LogP) is 4.45. The molecule has 0 aliphatic heterocycles. The van der Waals surface area contributed by atoms with E-state index in [4.69, 9.17) is 9.47 Å². The Bertz CT molecular complexity index is 433. The molecule has 146 valence electrons. The average molecular weight is 392 g/mol. The van der Waals surface area contributed by atoms with Crippen molar-refractivity contribution < 1.29 is 19.1 Å². The zero-order valence-corrected chi connectivity index (χ0v) is 18.0. The molecule has 5 nitrogen and oxygen atoms in total. The Morgan fingerprint density at radius 3 is 2.12 bits per heavy atom. The number of alkyl carbamates (subject to hydrolysis) is 1. The molecule has 0 aromatic rings. The lowest BCUT2D eigenvalue weighted by Crippen LogP contribution is -2.51. The minimum atomic E-state index is -1.01. The normalized spacial score (nSPS) is 17.8. The zero-order valence-electron chi connectivity index (χ0n) is 16.3. The van der Waals surface area contributed by atoms with Crippen molar-refractivity contribution in [1.82, 2.24) is 5.32 Å². The molecular weight excluding hydrogens is 358 g/mol. The van der Waals surface area contributed by atoms with Crippen LogP contribution in [-0.4, -0.2) is 47.4 Å². The van der Waals surface area contributed by atoms with Gasteiger partial charge in [-0.1, -0.05) is 32.1 Å². The molecule has 0 unspecified atom stereocenters. The molecule has 7 heteroatoms. The highest BCUT2D eigenvalue weighted by Gasteiger charge is 2.43. The fourth-order valence-electron chi connectivity index (χ4n) is 3.20. The first kappa shape index (κ1) is 22.6. The molecule has 0 radical (unpaired) electrons. The first-order valence-electron chi connectivity index (χ1n) is 8.86. The van der Waals surface area contributed by atoms with E-state index in [0.29, 0.717) is 12.3 Å². The molecule has 1 amide bonds. The number of ketones is 1. The fraction of sp³-hybridized carbons (Fsp3) is 0.889. The number of carbonyl (C=O) groups excluding carboxylic acids is 2. The van der Waals surface area contributed by atoms with Gasteiger partial charge in [0.25, 0.3) is 0 Å². The molecule has 1 N–H and O–H groups in total. The third-order valence-corrected chi connectivity index (χ3v) is 7.22. The van der Waals surface area contributed by atoms with Crippen LogP contribution in [-0.2, 0) is 14.3 Å². The van der Waals surface area contributed by atoms with Gasteiger partial charge in [0, 0.05) is 7.11 Å². The highest BCUT2D eigenvalue weighted by atomic mass is 32.2. The lowest BCUT2D eigenvalue weighted by molar-refractivity contribution is -0.128. The SMILES string of the molecule is COC(SC)(SC)C(=O)[C@H](CC1CCCCC1)NC(=O)OC(C)(C)C. The number of ether oxygens (including phenoxy) is 2. The van der Waals surface area contributed by atoms with E-state index in [1.807, 2.05) is 33.3 Å². The molecule has 0 heterocycles. The van der Waals surface area contributed by atoms with Crippen molar-refractivity contribution in [2.75, 3.05) is 19.6 Å². The standard InChI is InChI=1S/C18H33NO4S2/c1-17(2,3)23-16(21)19-14(12-13-10-8-7-9-11-13)15(20)18(22-4,24-5)25-6/h13-14H,7-12H2,1-6H3,(H,19,21)/t14-/m0/s1. The van der Waals surface area contributed by atoms with Crippen LogP contribution in [0.4, 0.5) is 4.79 Å². The van der Waals surface area contributed by atoms with Crippen molar-refractivity contribution in [1.29, 1.82) is 0 Å². The van der Waals surface area contributed by atoms with E-state index in [2.05, 4.69) is 5.32 Å². The Labute approximate surface area is 160 Å². The summed E-state index contributed by atoms with van der Waals surface area (Å²) >= 11 is 2.71. The van der Waals surface area contributed by atoms with Crippen LogP contribution in [0.5, 0.6) is 0 Å². The van der Waals surface area contributed by atoms with E-state index in [0.717, 1.165) is 12.8 Å². The molecule has 1 aliphatic carbocycles. The van der Waals surface area contributed by atoms with Crippen LogP contribution in [0, 0.1) is 5.92 Å². The Kier molecular flexibility index (Phi) is 9.12. The molecule has 0 saturated heterocycles. The summed E-state index contributed by atoms with van der Waals surface area (Å²) in [6.07, 6.45) is 9.66. The van der Waals surface area contributed by atoms with Crippen molar-refractivity contribution in [3.05, 3.63) is 0 Å². The van der Waals surface area contributed by atoms with Crippen molar-refractivity contribution in [2.45, 2.75) is 75.2 Å². The third kappa shape index (κ3) is 7.02. The quantitative estimate of drug-likeness (QED) is 0.617. The number of carbonyl (C=O) groups is 2. The molecule has 0 aromatic heterocycles. The van der Waals surface area contributed by atoms with Crippen LogP contribution in [0.1, 0.15) is 59.3 Å². The summed E-state index contributed by atoms with van der Waals surface area (Å²) in [5.74, 6) is 0.349. The predicted molar refractivity (Wildman–Crippen MR) is 106 cm³/mol. The number of thioether (sulfide) groups is 2. The molecule has 1 aliphatic rings. The van der Waals surface area contributed by atoms with Crippen LogP contribution in [0.15, 0.2) is 0 Å². The van der Waals surface area contributed by atoms with Crippen LogP contribution in [0.25, 0.3) is 0 Å². The number of Topliss-reactive ketones (excluding diaryl/α,β-unsaturated/α-hetero) is 1. The van der Waals surface area contributed by atoms with E-state index in [-0.39, 0.29) is 5.78 Å². The first-order valence-corrected chi connectivity index (χ1v) is 11.3. The Balaban J connectivity index is 2.92. The van der Waals surface area contributed by atoms with Gasteiger partial charge >= 0.3 is 6.09 Å². The molecule has 0 bridgehead atoms. The first-order chi connectivity index (χ1) is 11.7. The van der Waals surface area contributed by atoms with Gasteiger partial charge in [-0.15, -0.1) is 23.5 Å². The zero-order chi connectivity index (χ0) is 19.1. The summed E-state index contributed by atoms with van der Waals surface area (Å²) in [5.41, 5.74) is -0.597. The van der Waals surface area contributed by atoms with Gasteiger partial charge in [0.2, 0.25) is 10.0 Å². The summed E-state index contributed by atoms with van der Waals surface area (Å²) in [5, 5.41) is 2.81. The number of methoxy groups -OCH3 is 1. The van der Waals surface area contributed by atoms with E-state index < -0.39 is 22.0 Å². The van der Waals surface area contributed by atoms with Gasteiger partial charge in [-0.05, 0) is 45.6 Å². The lowest BCUT2D eigenvalue weighted by atomic mass is 9.84. The van der Waals surface area contributed by atoms with Crippen molar-refractivity contribution in [3.8, 4) is 0 Å². The average Bonchev–Trinajstić information content (AvgIpc) is 2.55. The fourth-order valence-corrected chi connectivity index (χ4v) is 4.89.